The van der Waals surface area contributed by atoms with Gasteiger partial charge in [0, 0.05) is 18.8 Å². The van der Waals surface area contributed by atoms with Gasteiger partial charge in [0.2, 0.25) is 0 Å². The molecule has 0 aliphatic carbocycles. The first-order chi connectivity index (χ1) is 8.88. The second kappa shape index (κ2) is 4.68. The number of hydrogen-bond acceptors (Lipinski definition) is 3. The van der Waals surface area contributed by atoms with E-state index in [1.807, 2.05) is 13.8 Å². The fraction of sp³-hybridized carbons (Fsp3) is 0.615. The lowest BCUT2D eigenvalue weighted by Gasteiger charge is -2.28. The number of aliphatic carboxylic acids is 1. The van der Waals surface area contributed by atoms with Gasteiger partial charge in [-0.1, -0.05) is 13.8 Å². The lowest BCUT2D eigenvalue weighted by molar-refractivity contribution is -0.150. The van der Waals surface area contributed by atoms with Crippen LogP contribution in [0, 0.1) is 18.3 Å². The Morgan fingerprint density at radius 1 is 1.53 bits per heavy atom. The lowest BCUT2D eigenvalue weighted by atomic mass is 9.76. The first-order valence-electron chi connectivity index (χ1n) is 6.41. The number of amides is 1. The molecule has 6 heteroatoms. The van der Waals surface area contributed by atoms with Crippen molar-refractivity contribution in [1.82, 2.24) is 15.1 Å². The molecule has 1 atom stereocenters. The van der Waals surface area contributed by atoms with Gasteiger partial charge in [-0.2, -0.15) is 5.10 Å². The van der Waals surface area contributed by atoms with Gasteiger partial charge < -0.3 is 10.0 Å². The van der Waals surface area contributed by atoms with Crippen molar-refractivity contribution < 1.29 is 14.7 Å². The second-order valence-corrected chi connectivity index (χ2v) is 5.50. The molecule has 1 saturated heterocycles. The van der Waals surface area contributed by atoms with Gasteiger partial charge in [-0.3, -0.25) is 14.7 Å². The van der Waals surface area contributed by atoms with Crippen molar-refractivity contribution in [2.75, 3.05) is 13.1 Å². The minimum Gasteiger partial charge on any atom is -0.481 e. The molecule has 1 unspecified atom stereocenters. The Balaban J connectivity index is 2.20. The average molecular weight is 265 g/mol. The maximum absolute atomic E-state index is 12.3. The zero-order valence-corrected chi connectivity index (χ0v) is 11.4. The molecule has 0 radical (unpaired) electrons. The maximum Gasteiger partial charge on any atom is 0.311 e. The summed E-state index contributed by atoms with van der Waals surface area (Å²) >= 11 is 0. The van der Waals surface area contributed by atoms with Crippen molar-refractivity contribution in [3.8, 4) is 0 Å². The highest BCUT2D eigenvalue weighted by Gasteiger charge is 2.48. The predicted molar refractivity (Wildman–Crippen MR) is 68.8 cm³/mol. The van der Waals surface area contributed by atoms with Gasteiger partial charge >= 0.3 is 5.97 Å². The van der Waals surface area contributed by atoms with Crippen LogP contribution in [0.2, 0.25) is 0 Å². The third-order valence-corrected chi connectivity index (χ3v) is 4.18. The van der Waals surface area contributed by atoms with Crippen LogP contribution in [-0.2, 0) is 4.79 Å². The van der Waals surface area contributed by atoms with Gasteiger partial charge in [-0.15, -0.1) is 0 Å². The molecule has 0 spiro atoms. The number of carboxylic acid groups (broad SMARTS) is 1. The summed E-state index contributed by atoms with van der Waals surface area (Å²) in [6.07, 6.45) is 2.00. The molecule has 1 aliphatic heterocycles. The summed E-state index contributed by atoms with van der Waals surface area (Å²) in [5.41, 5.74) is 0.403. The van der Waals surface area contributed by atoms with Crippen LogP contribution in [0.3, 0.4) is 0 Å². The molecule has 1 aromatic rings. The standard InChI is InChI=1S/C13H19N3O3/c1-8(2)13(12(18)19)4-5-16(7-13)11(17)10-6-14-15-9(10)3/h6,8H,4-5,7H2,1-3H3,(H,14,15)(H,18,19). The van der Waals surface area contributed by atoms with Crippen molar-refractivity contribution >= 4 is 11.9 Å². The number of aromatic amines is 1. The Kier molecular flexibility index (Phi) is 3.34. The number of aryl methyl sites for hydroxylation is 1. The fourth-order valence-corrected chi connectivity index (χ4v) is 2.64. The van der Waals surface area contributed by atoms with Crippen LogP contribution >= 0.6 is 0 Å². The van der Waals surface area contributed by atoms with Gasteiger partial charge in [0.05, 0.1) is 17.2 Å². The third kappa shape index (κ3) is 2.11. The van der Waals surface area contributed by atoms with Gasteiger partial charge in [0.1, 0.15) is 0 Å². The Morgan fingerprint density at radius 2 is 2.21 bits per heavy atom. The largest absolute Gasteiger partial charge is 0.481 e. The van der Waals surface area contributed by atoms with Crippen molar-refractivity contribution in [2.24, 2.45) is 11.3 Å². The molecule has 104 valence electrons. The summed E-state index contributed by atoms with van der Waals surface area (Å²) in [7, 11) is 0. The average Bonchev–Trinajstić information content (AvgIpc) is 2.94. The SMILES string of the molecule is Cc1[nH]ncc1C(=O)N1CCC(C(=O)O)(C(C)C)C1. The molecule has 2 N–H and O–H groups in total. The molecule has 1 fully saturated rings. The van der Waals surface area contributed by atoms with E-state index in [2.05, 4.69) is 10.2 Å². The summed E-state index contributed by atoms with van der Waals surface area (Å²) in [5.74, 6) is -0.968. The van der Waals surface area contributed by atoms with E-state index in [9.17, 15) is 14.7 Å². The first-order valence-corrected chi connectivity index (χ1v) is 6.41. The number of aromatic nitrogens is 2. The van der Waals surface area contributed by atoms with Crippen LogP contribution < -0.4 is 0 Å². The molecular weight excluding hydrogens is 246 g/mol. The van der Waals surface area contributed by atoms with Crippen LogP contribution in [0.15, 0.2) is 6.20 Å². The van der Waals surface area contributed by atoms with E-state index in [4.69, 9.17) is 0 Å². The molecule has 1 amide bonds. The monoisotopic (exact) mass is 265 g/mol. The minimum atomic E-state index is -0.826. The molecule has 6 nitrogen and oxygen atoms in total. The van der Waals surface area contributed by atoms with Gasteiger partial charge in [-0.25, -0.2) is 0 Å². The van der Waals surface area contributed by atoms with E-state index in [0.29, 0.717) is 24.2 Å². The van der Waals surface area contributed by atoms with Gasteiger partial charge in [0.25, 0.3) is 5.91 Å². The highest BCUT2D eigenvalue weighted by molar-refractivity contribution is 5.95. The summed E-state index contributed by atoms with van der Waals surface area (Å²) in [5, 5.41) is 16.0. The number of likely N-dealkylation sites (tertiary alicyclic amines) is 1. The third-order valence-electron chi connectivity index (χ3n) is 4.18. The van der Waals surface area contributed by atoms with Crippen molar-refractivity contribution in [3.63, 3.8) is 0 Å². The van der Waals surface area contributed by atoms with Crippen LogP contribution in [0.4, 0.5) is 0 Å². The number of carboxylic acids is 1. The first kappa shape index (κ1) is 13.6. The van der Waals surface area contributed by atoms with E-state index in [-0.39, 0.29) is 18.4 Å². The van der Waals surface area contributed by atoms with Crippen LogP contribution in [0.5, 0.6) is 0 Å². The molecule has 0 bridgehead atoms. The molecule has 1 aliphatic rings. The number of nitrogens with zero attached hydrogens (tertiary/aromatic N) is 2. The van der Waals surface area contributed by atoms with E-state index >= 15 is 0 Å². The summed E-state index contributed by atoms with van der Waals surface area (Å²) in [6, 6.07) is 0. The Morgan fingerprint density at radius 3 is 2.63 bits per heavy atom. The highest BCUT2D eigenvalue weighted by atomic mass is 16.4. The van der Waals surface area contributed by atoms with Crippen molar-refractivity contribution in [2.45, 2.75) is 27.2 Å². The number of rotatable bonds is 3. The number of carbonyl (C=O) groups excluding carboxylic acids is 1. The molecule has 2 rings (SSSR count). The summed E-state index contributed by atoms with van der Waals surface area (Å²) in [6.45, 7) is 6.32. The molecular formula is C13H19N3O3. The molecule has 19 heavy (non-hydrogen) atoms. The zero-order valence-electron chi connectivity index (χ0n) is 11.4. The Hall–Kier alpha value is -1.85. The minimum absolute atomic E-state index is 0.00625. The smallest absolute Gasteiger partial charge is 0.311 e. The van der Waals surface area contributed by atoms with Crippen molar-refractivity contribution in [1.29, 1.82) is 0 Å². The highest BCUT2D eigenvalue weighted by Crippen LogP contribution is 2.38. The van der Waals surface area contributed by atoms with Gasteiger partial charge in [0.15, 0.2) is 0 Å². The molecule has 0 saturated carbocycles. The molecule has 2 heterocycles. The maximum atomic E-state index is 12.3. The summed E-state index contributed by atoms with van der Waals surface area (Å²) in [4.78, 5) is 25.5. The normalized spacial score (nSPS) is 23.1. The van der Waals surface area contributed by atoms with E-state index in [1.54, 1.807) is 11.8 Å². The number of H-pyrrole nitrogens is 1. The summed E-state index contributed by atoms with van der Waals surface area (Å²) < 4.78 is 0. The topological polar surface area (TPSA) is 86.3 Å². The predicted octanol–water partition coefficient (Wildman–Crippen LogP) is 1.29. The Bertz CT molecular complexity index is 509. The van der Waals surface area contributed by atoms with Gasteiger partial charge in [-0.05, 0) is 19.3 Å². The van der Waals surface area contributed by atoms with E-state index < -0.39 is 11.4 Å². The lowest BCUT2D eigenvalue weighted by Crippen LogP contribution is -2.40. The zero-order chi connectivity index (χ0) is 14.2. The van der Waals surface area contributed by atoms with Crippen LogP contribution in [0.1, 0.15) is 36.3 Å². The fourth-order valence-electron chi connectivity index (χ4n) is 2.64. The van der Waals surface area contributed by atoms with E-state index in [0.717, 1.165) is 0 Å². The molecule has 1 aromatic heterocycles. The number of nitrogens with one attached hydrogen (secondary N) is 1. The van der Waals surface area contributed by atoms with Crippen LogP contribution in [-0.4, -0.2) is 45.2 Å². The second-order valence-electron chi connectivity index (χ2n) is 5.50. The number of carbonyl (C=O) groups is 2. The number of hydrogen-bond donors (Lipinski definition) is 2. The van der Waals surface area contributed by atoms with Crippen LogP contribution in [0.25, 0.3) is 0 Å². The van der Waals surface area contributed by atoms with Crippen molar-refractivity contribution in [3.05, 3.63) is 17.5 Å². The van der Waals surface area contributed by atoms with E-state index in [1.165, 1.54) is 6.20 Å². The quantitative estimate of drug-likeness (QED) is 0.862. The molecule has 0 aromatic carbocycles. The Labute approximate surface area is 111 Å².